The number of rotatable bonds is 6. The molecule has 0 aliphatic heterocycles. The number of hydrogen-bond acceptors (Lipinski definition) is 4. The fourth-order valence-electron chi connectivity index (χ4n) is 1.96. The van der Waals surface area contributed by atoms with E-state index in [4.69, 9.17) is 29.3 Å². The van der Waals surface area contributed by atoms with Crippen LogP contribution in [0.4, 0.5) is 0 Å². The van der Waals surface area contributed by atoms with E-state index >= 15 is 0 Å². The van der Waals surface area contributed by atoms with Gasteiger partial charge in [-0.2, -0.15) is 0 Å². The van der Waals surface area contributed by atoms with Gasteiger partial charge in [0.15, 0.2) is 11.4 Å². The predicted molar refractivity (Wildman–Crippen MR) is 97.3 cm³/mol. The lowest BCUT2D eigenvalue weighted by Crippen LogP contribution is -2.40. The fourth-order valence-corrected chi connectivity index (χ4v) is 2.08. The van der Waals surface area contributed by atoms with Crippen LogP contribution in [0.2, 0.25) is 5.02 Å². The minimum atomic E-state index is -3.37. The number of hydrogen-bond donors (Lipinski definition) is 0. The van der Waals surface area contributed by atoms with Crippen molar-refractivity contribution in [3.05, 3.63) is 64.7 Å². The van der Waals surface area contributed by atoms with Crippen LogP contribution >= 0.6 is 11.6 Å². The van der Waals surface area contributed by atoms with E-state index in [0.717, 1.165) is 0 Å². The van der Waals surface area contributed by atoms with Gasteiger partial charge in [-0.1, -0.05) is 11.6 Å². The Morgan fingerprint density at radius 1 is 1.00 bits per heavy atom. The number of carbonyl (C=O) groups is 2. The van der Waals surface area contributed by atoms with Gasteiger partial charge in [0.2, 0.25) is 0 Å². The number of esters is 1. The van der Waals surface area contributed by atoms with Crippen molar-refractivity contribution < 1.29 is 27.3 Å². The number of benzene rings is 2. The van der Waals surface area contributed by atoms with Gasteiger partial charge < -0.3 is 9.47 Å². The number of carbonyl (C=O) groups excluding carboxylic acids is 2. The molecule has 0 unspecified atom stereocenters. The molecule has 0 heterocycles. The Balaban J connectivity index is 2.42. The zero-order valence-electron chi connectivity index (χ0n) is 19.7. The van der Waals surface area contributed by atoms with Crippen LogP contribution in [0.25, 0.3) is 0 Å². The maximum Gasteiger partial charge on any atom is 0.350 e. The molecule has 25 heavy (non-hydrogen) atoms. The van der Waals surface area contributed by atoms with Crippen LogP contribution in [-0.4, -0.2) is 23.5 Å². The molecule has 0 spiro atoms. The molecular formula is C20H21ClO4. The first-order valence-electron chi connectivity index (χ1n) is 10.5. The van der Waals surface area contributed by atoms with E-state index in [1.165, 1.54) is 38.1 Å². The standard InChI is InChI=1S/C20H21ClO4/c1-13(2)24-19(23)20(3,4)25-17-11-7-15(8-12-17)18(22)14-5-9-16(21)10-6-14/h5-13H,1-4H3/i3+1D3,4+1D3. The zero-order chi connectivity index (χ0) is 23.6. The third-order valence-electron chi connectivity index (χ3n) is 3.12. The van der Waals surface area contributed by atoms with Crippen LogP contribution in [0.3, 0.4) is 0 Å². The molecule has 0 bridgehead atoms. The normalized spacial score (nSPS) is 15.8. The van der Waals surface area contributed by atoms with Gasteiger partial charge in [-0.25, -0.2) is 4.79 Å². The molecule has 0 atom stereocenters. The van der Waals surface area contributed by atoms with E-state index in [1.807, 2.05) is 0 Å². The third-order valence-corrected chi connectivity index (χ3v) is 3.38. The molecule has 0 aliphatic rings. The number of halogens is 1. The van der Waals surface area contributed by atoms with Crippen molar-refractivity contribution in [2.75, 3.05) is 0 Å². The molecular weight excluding hydrogens is 342 g/mol. The van der Waals surface area contributed by atoms with Crippen molar-refractivity contribution in [3.8, 4) is 5.75 Å². The Labute approximate surface area is 161 Å². The molecule has 4 nitrogen and oxygen atoms in total. The molecule has 5 heteroatoms. The Hall–Kier alpha value is -2.33. The van der Waals surface area contributed by atoms with Crippen LogP contribution < -0.4 is 4.74 Å². The molecule has 0 radical (unpaired) electrons. The van der Waals surface area contributed by atoms with Crippen molar-refractivity contribution >= 4 is 23.4 Å². The summed E-state index contributed by atoms with van der Waals surface area (Å²) < 4.78 is 56.7. The molecule has 0 N–H and O–H groups in total. The quantitative estimate of drug-likeness (QED) is 0.422. The van der Waals surface area contributed by atoms with Gasteiger partial charge in [-0.15, -0.1) is 0 Å². The predicted octanol–water partition coefficient (Wildman–Crippen LogP) is 4.68. The smallest absolute Gasteiger partial charge is 0.350 e. The Morgan fingerprint density at radius 3 is 2.00 bits per heavy atom. The first kappa shape index (κ1) is 12.1. The summed E-state index contributed by atoms with van der Waals surface area (Å²) in [6.45, 7) is -3.83. The Kier molecular flexibility index (Phi) is 3.73. The summed E-state index contributed by atoms with van der Waals surface area (Å²) in [5.74, 6) is -2.08. The monoisotopic (exact) mass is 368 g/mol. The summed E-state index contributed by atoms with van der Waals surface area (Å²) in [5, 5.41) is 0.472. The summed E-state index contributed by atoms with van der Waals surface area (Å²) in [5.41, 5.74) is -2.63. The fraction of sp³-hybridized carbons (Fsp3) is 0.300. The summed E-state index contributed by atoms with van der Waals surface area (Å²) in [4.78, 5) is 25.2. The zero-order valence-corrected chi connectivity index (χ0v) is 14.5. The van der Waals surface area contributed by atoms with Gasteiger partial charge in [-0.05, 0) is 76.1 Å². The summed E-state index contributed by atoms with van der Waals surface area (Å²) in [6, 6.07) is 11.3. The van der Waals surface area contributed by atoms with Crippen LogP contribution in [0.15, 0.2) is 48.5 Å². The van der Waals surface area contributed by atoms with Crippen LogP contribution in [0.5, 0.6) is 5.75 Å². The maximum atomic E-state index is 12.6. The highest BCUT2D eigenvalue weighted by Crippen LogP contribution is 2.22. The van der Waals surface area contributed by atoms with Gasteiger partial charge in [0.25, 0.3) is 0 Å². The van der Waals surface area contributed by atoms with Gasteiger partial charge in [0, 0.05) is 24.4 Å². The minimum Gasteiger partial charge on any atom is -0.476 e. The molecule has 2 rings (SSSR count). The summed E-state index contributed by atoms with van der Waals surface area (Å²) in [6.07, 6.45) is -0.764. The maximum absolute atomic E-state index is 12.6. The third kappa shape index (κ3) is 5.07. The van der Waals surface area contributed by atoms with Crippen LogP contribution in [-0.2, 0) is 9.53 Å². The highest BCUT2D eigenvalue weighted by Gasteiger charge is 2.32. The highest BCUT2D eigenvalue weighted by molar-refractivity contribution is 6.30. The SMILES string of the molecule is [2H][13C]([2H])([2H])C(Oc1ccc(C(=O)c2ccc(Cl)cc2)cc1)(C(=O)OC(C)C)[13C]([2H])([2H])[2H]. The molecule has 0 saturated heterocycles. The second kappa shape index (κ2) is 7.70. The molecule has 0 aromatic heterocycles. The second-order valence-corrected chi connectivity index (χ2v) is 6.03. The molecule has 0 saturated carbocycles. The number of ketones is 1. The lowest BCUT2D eigenvalue weighted by molar-refractivity contribution is -0.163. The topological polar surface area (TPSA) is 52.6 Å². The van der Waals surface area contributed by atoms with E-state index in [2.05, 4.69) is 0 Å². The van der Waals surface area contributed by atoms with Crippen molar-refractivity contribution in [2.24, 2.45) is 0 Å². The summed E-state index contributed by atoms with van der Waals surface area (Å²) in [7, 11) is 0. The Bertz CT molecular complexity index is 920. The average molecular weight is 369 g/mol. The first-order valence-corrected chi connectivity index (χ1v) is 7.87. The van der Waals surface area contributed by atoms with Crippen molar-refractivity contribution in [1.29, 1.82) is 0 Å². The van der Waals surface area contributed by atoms with Gasteiger partial charge in [0.1, 0.15) is 5.75 Å². The van der Waals surface area contributed by atoms with Crippen molar-refractivity contribution in [2.45, 2.75) is 39.3 Å². The highest BCUT2D eigenvalue weighted by atomic mass is 35.5. The van der Waals surface area contributed by atoms with E-state index in [1.54, 1.807) is 24.3 Å². The van der Waals surface area contributed by atoms with E-state index in [9.17, 15) is 9.59 Å². The van der Waals surface area contributed by atoms with Gasteiger partial charge in [-0.3, -0.25) is 4.79 Å². The van der Waals surface area contributed by atoms with E-state index in [0.29, 0.717) is 10.6 Å². The lowest BCUT2D eigenvalue weighted by atomic mass is 10.0. The number of ether oxygens (including phenoxy) is 2. The summed E-state index contributed by atoms with van der Waals surface area (Å²) >= 11 is 5.82. The van der Waals surface area contributed by atoms with Crippen molar-refractivity contribution in [3.63, 3.8) is 0 Å². The van der Waals surface area contributed by atoms with Crippen molar-refractivity contribution in [1.82, 2.24) is 0 Å². The molecule has 0 aliphatic carbocycles. The Morgan fingerprint density at radius 2 is 1.52 bits per heavy atom. The molecule has 2 aromatic carbocycles. The molecule has 132 valence electrons. The minimum absolute atomic E-state index is 0.222. The first-order chi connectivity index (χ1) is 14.2. The van der Waals surface area contributed by atoms with E-state index in [-0.39, 0.29) is 17.1 Å². The van der Waals surface area contributed by atoms with Crippen LogP contribution in [0.1, 0.15) is 51.7 Å². The van der Waals surface area contributed by atoms with Gasteiger partial charge in [0.05, 0.1) is 6.10 Å². The van der Waals surface area contributed by atoms with Crippen LogP contribution in [0, 0.1) is 0 Å². The molecule has 0 amide bonds. The largest absolute Gasteiger partial charge is 0.476 e. The average Bonchev–Trinajstić information content (AvgIpc) is 2.64. The van der Waals surface area contributed by atoms with E-state index < -0.39 is 31.4 Å². The second-order valence-electron chi connectivity index (χ2n) is 5.60. The molecule has 0 fully saturated rings. The molecule has 2 aromatic rings. The lowest BCUT2D eigenvalue weighted by Gasteiger charge is -2.25. The van der Waals surface area contributed by atoms with Gasteiger partial charge >= 0.3 is 5.97 Å².